The van der Waals surface area contributed by atoms with Crippen molar-refractivity contribution in [3.63, 3.8) is 0 Å². The van der Waals surface area contributed by atoms with Gasteiger partial charge in [-0.05, 0) is 49.4 Å². The maximum atomic E-state index is 13.4. The normalized spacial score (nSPS) is 19.0. The number of rotatable bonds is 5. The number of halogens is 2. The number of hydrogen-bond donors (Lipinski definition) is 1. The number of benzene rings is 1. The topological polar surface area (TPSA) is 12.0 Å². The van der Waals surface area contributed by atoms with Gasteiger partial charge in [0.1, 0.15) is 0 Å². The number of nitrogens with one attached hydrogen (secondary N) is 1. The van der Waals surface area contributed by atoms with E-state index in [1.54, 1.807) is 6.07 Å². The van der Waals surface area contributed by atoms with Crippen LogP contribution in [0.1, 0.15) is 57.4 Å². The van der Waals surface area contributed by atoms with Gasteiger partial charge in [-0.3, -0.25) is 0 Å². The first-order valence-corrected chi connectivity index (χ1v) is 8.38. The van der Waals surface area contributed by atoms with Gasteiger partial charge < -0.3 is 5.32 Å². The van der Waals surface area contributed by atoms with Gasteiger partial charge in [0.2, 0.25) is 0 Å². The lowest BCUT2D eigenvalue weighted by Crippen LogP contribution is -2.38. The Kier molecular flexibility index (Phi) is 6.62. The standard InChI is InChI=1S/C18H27F2N/c1-2-21-18(15-8-6-4-3-5-7-9-15)13-14-10-11-16(19)17(20)12-14/h10-12,15,18,21H,2-9,13H2,1H3. The van der Waals surface area contributed by atoms with E-state index in [4.69, 9.17) is 0 Å². The van der Waals surface area contributed by atoms with Gasteiger partial charge in [-0.1, -0.05) is 45.1 Å². The summed E-state index contributed by atoms with van der Waals surface area (Å²) in [4.78, 5) is 0. The Hall–Kier alpha value is -0.960. The Morgan fingerprint density at radius 1 is 1.05 bits per heavy atom. The van der Waals surface area contributed by atoms with Crippen molar-refractivity contribution in [2.75, 3.05) is 6.54 Å². The van der Waals surface area contributed by atoms with Crippen LogP contribution in [0.2, 0.25) is 0 Å². The monoisotopic (exact) mass is 295 g/mol. The summed E-state index contributed by atoms with van der Waals surface area (Å²) < 4.78 is 26.4. The van der Waals surface area contributed by atoms with E-state index in [9.17, 15) is 8.78 Å². The van der Waals surface area contributed by atoms with Crippen LogP contribution in [-0.2, 0) is 6.42 Å². The van der Waals surface area contributed by atoms with E-state index < -0.39 is 11.6 Å². The summed E-state index contributed by atoms with van der Waals surface area (Å²) in [6, 6.07) is 4.68. The molecule has 1 unspecified atom stereocenters. The maximum Gasteiger partial charge on any atom is 0.159 e. The van der Waals surface area contributed by atoms with Crippen LogP contribution in [0.3, 0.4) is 0 Å². The van der Waals surface area contributed by atoms with Crippen LogP contribution in [0.15, 0.2) is 18.2 Å². The van der Waals surface area contributed by atoms with E-state index in [0.29, 0.717) is 12.0 Å². The molecule has 1 fully saturated rings. The third kappa shape index (κ3) is 5.06. The van der Waals surface area contributed by atoms with Crippen LogP contribution < -0.4 is 5.32 Å². The molecular formula is C18H27F2N. The van der Waals surface area contributed by atoms with Gasteiger partial charge in [0.25, 0.3) is 0 Å². The molecule has 0 heterocycles. The molecule has 1 aliphatic carbocycles. The van der Waals surface area contributed by atoms with Crippen LogP contribution in [0.5, 0.6) is 0 Å². The summed E-state index contributed by atoms with van der Waals surface area (Å²) in [6.45, 7) is 3.03. The van der Waals surface area contributed by atoms with Crippen LogP contribution in [0.4, 0.5) is 8.78 Å². The molecule has 0 spiro atoms. The van der Waals surface area contributed by atoms with E-state index in [1.165, 1.54) is 57.1 Å². The lowest BCUT2D eigenvalue weighted by atomic mass is 9.83. The molecule has 0 amide bonds. The maximum absolute atomic E-state index is 13.4. The van der Waals surface area contributed by atoms with E-state index >= 15 is 0 Å². The van der Waals surface area contributed by atoms with Crippen LogP contribution >= 0.6 is 0 Å². The Labute approximate surface area is 127 Å². The molecule has 118 valence electrons. The zero-order chi connectivity index (χ0) is 15.1. The van der Waals surface area contributed by atoms with E-state index in [0.717, 1.165) is 18.5 Å². The summed E-state index contributed by atoms with van der Waals surface area (Å²) in [5.41, 5.74) is 0.891. The average molecular weight is 295 g/mol. The fourth-order valence-electron chi connectivity index (χ4n) is 3.48. The quantitative estimate of drug-likeness (QED) is 0.819. The Balaban J connectivity index is 2.04. The van der Waals surface area contributed by atoms with Crippen molar-refractivity contribution in [2.45, 2.75) is 64.3 Å². The lowest BCUT2D eigenvalue weighted by molar-refractivity contribution is 0.286. The second-order valence-corrected chi connectivity index (χ2v) is 6.22. The Bertz CT molecular complexity index is 425. The minimum absolute atomic E-state index is 0.373. The molecule has 1 saturated carbocycles. The molecule has 21 heavy (non-hydrogen) atoms. The van der Waals surface area contributed by atoms with E-state index in [1.807, 2.05) is 0 Å². The third-order valence-corrected chi connectivity index (χ3v) is 4.62. The lowest BCUT2D eigenvalue weighted by Gasteiger charge is -2.29. The summed E-state index contributed by atoms with van der Waals surface area (Å²) in [5.74, 6) is -0.844. The van der Waals surface area contributed by atoms with Gasteiger partial charge in [0, 0.05) is 6.04 Å². The van der Waals surface area contributed by atoms with Crippen molar-refractivity contribution in [3.8, 4) is 0 Å². The summed E-state index contributed by atoms with van der Waals surface area (Å²) in [5, 5.41) is 3.57. The van der Waals surface area contributed by atoms with Crippen molar-refractivity contribution >= 4 is 0 Å². The Morgan fingerprint density at radius 3 is 2.33 bits per heavy atom. The second-order valence-electron chi connectivity index (χ2n) is 6.22. The Morgan fingerprint density at radius 2 is 1.71 bits per heavy atom. The van der Waals surface area contributed by atoms with Crippen LogP contribution in [0, 0.1) is 17.6 Å². The molecule has 0 aliphatic heterocycles. The third-order valence-electron chi connectivity index (χ3n) is 4.62. The molecule has 1 aromatic rings. The molecule has 1 atom stereocenters. The highest BCUT2D eigenvalue weighted by Crippen LogP contribution is 2.27. The SMILES string of the molecule is CCNC(Cc1ccc(F)c(F)c1)C1CCCCCCC1. The molecule has 0 aromatic heterocycles. The first kappa shape index (κ1) is 16.4. The summed E-state index contributed by atoms with van der Waals surface area (Å²) >= 11 is 0. The summed E-state index contributed by atoms with van der Waals surface area (Å²) in [7, 11) is 0. The minimum Gasteiger partial charge on any atom is -0.314 e. The van der Waals surface area contributed by atoms with Crippen molar-refractivity contribution in [1.29, 1.82) is 0 Å². The van der Waals surface area contributed by atoms with E-state index in [-0.39, 0.29) is 0 Å². The first-order chi connectivity index (χ1) is 10.2. The van der Waals surface area contributed by atoms with Gasteiger partial charge in [-0.15, -0.1) is 0 Å². The fourth-order valence-corrected chi connectivity index (χ4v) is 3.48. The number of hydrogen-bond acceptors (Lipinski definition) is 1. The van der Waals surface area contributed by atoms with Gasteiger partial charge >= 0.3 is 0 Å². The molecule has 0 saturated heterocycles. The highest BCUT2D eigenvalue weighted by atomic mass is 19.2. The molecule has 0 radical (unpaired) electrons. The average Bonchev–Trinajstić information content (AvgIpc) is 2.42. The molecular weight excluding hydrogens is 268 g/mol. The van der Waals surface area contributed by atoms with Crippen LogP contribution in [0.25, 0.3) is 0 Å². The summed E-state index contributed by atoms with van der Waals surface area (Å²) in [6.07, 6.45) is 9.91. The number of likely N-dealkylation sites (N-methyl/N-ethyl adjacent to an activating group) is 1. The predicted molar refractivity (Wildman–Crippen MR) is 83.3 cm³/mol. The van der Waals surface area contributed by atoms with E-state index in [2.05, 4.69) is 12.2 Å². The zero-order valence-electron chi connectivity index (χ0n) is 13.0. The molecule has 1 aromatic carbocycles. The van der Waals surface area contributed by atoms with Gasteiger partial charge in [0.15, 0.2) is 11.6 Å². The predicted octanol–water partition coefficient (Wildman–Crippen LogP) is 4.85. The highest BCUT2D eigenvalue weighted by molar-refractivity contribution is 5.19. The smallest absolute Gasteiger partial charge is 0.159 e. The van der Waals surface area contributed by atoms with Crippen LogP contribution in [-0.4, -0.2) is 12.6 Å². The fraction of sp³-hybridized carbons (Fsp3) is 0.667. The van der Waals surface area contributed by atoms with Gasteiger partial charge in [0.05, 0.1) is 0 Å². The molecule has 1 N–H and O–H groups in total. The molecule has 3 heteroatoms. The largest absolute Gasteiger partial charge is 0.314 e. The van der Waals surface area contributed by atoms with Crippen molar-refractivity contribution in [1.82, 2.24) is 5.32 Å². The van der Waals surface area contributed by atoms with Crippen molar-refractivity contribution in [3.05, 3.63) is 35.4 Å². The first-order valence-electron chi connectivity index (χ1n) is 8.38. The van der Waals surface area contributed by atoms with Crippen molar-refractivity contribution < 1.29 is 8.78 Å². The van der Waals surface area contributed by atoms with Gasteiger partial charge in [-0.2, -0.15) is 0 Å². The molecule has 2 rings (SSSR count). The van der Waals surface area contributed by atoms with Crippen molar-refractivity contribution in [2.24, 2.45) is 5.92 Å². The second kappa shape index (κ2) is 8.47. The molecule has 0 bridgehead atoms. The zero-order valence-corrected chi connectivity index (χ0v) is 13.0. The van der Waals surface area contributed by atoms with Gasteiger partial charge in [-0.25, -0.2) is 8.78 Å². The highest BCUT2D eigenvalue weighted by Gasteiger charge is 2.22. The molecule has 1 aliphatic rings. The minimum atomic E-state index is -0.760. The molecule has 1 nitrogen and oxygen atoms in total.